The predicted octanol–water partition coefficient (Wildman–Crippen LogP) is -0.554. The van der Waals surface area contributed by atoms with Gasteiger partial charge < -0.3 is 35.2 Å². The predicted molar refractivity (Wildman–Crippen MR) is 100 cm³/mol. The lowest BCUT2D eigenvalue weighted by molar-refractivity contribution is -0.120. The number of nitrogens with two attached hydrogens (primary N) is 1. The first kappa shape index (κ1) is 27.5. The number of aromatic nitrogens is 2. The summed E-state index contributed by atoms with van der Waals surface area (Å²) in [7, 11) is -17.2. The van der Waals surface area contributed by atoms with Crippen LogP contribution < -0.4 is 11.4 Å². The number of phosphoric ester groups is 1. The summed E-state index contributed by atoms with van der Waals surface area (Å²) < 4.78 is 66.1. The van der Waals surface area contributed by atoms with Crippen molar-refractivity contribution in [1.29, 1.82) is 0 Å². The number of rotatable bonds is 10. The fourth-order valence-electron chi connectivity index (χ4n) is 2.59. The van der Waals surface area contributed by atoms with E-state index < -0.39 is 66.4 Å². The molecule has 1 aliphatic heterocycles. The van der Waals surface area contributed by atoms with Crippen molar-refractivity contribution in [3.8, 4) is 0 Å². The Balaban J connectivity index is 2.30. The van der Waals surface area contributed by atoms with Gasteiger partial charge in [-0.1, -0.05) is 5.11 Å². The number of alkyl halides is 1. The number of halogens is 1. The van der Waals surface area contributed by atoms with Gasteiger partial charge in [0.15, 0.2) is 12.4 Å². The van der Waals surface area contributed by atoms with Gasteiger partial charge in [-0.15, -0.1) is 0 Å². The Kier molecular flexibility index (Phi) is 8.21. The van der Waals surface area contributed by atoms with E-state index in [2.05, 4.69) is 28.2 Å². The van der Waals surface area contributed by atoms with Gasteiger partial charge in [0.2, 0.25) is 0 Å². The number of hydrogen-bond acceptors (Lipinski definition) is 12. The Labute approximate surface area is 181 Å². The zero-order valence-corrected chi connectivity index (χ0v) is 18.5. The molecule has 1 saturated heterocycles. The van der Waals surface area contributed by atoms with Crippen molar-refractivity contribution in [3.63, 3.8) is 0 Å². The first-order chi connectivity index (χ1) is 15.0. The lowest BCUT2D eigenvalue weighted by Gasteiger charge is -2.30. The second kappa shape index (κ2) is 9.85. The SMILES string of the molecule is [N-]=[N+]=NC[C@]1(COP(=O)(O)OP(=O)(O)OP(=O)(O)O)O[C@@H](n2ccc(N)nc2=O)[C@H](F)[C@@H]1O. The highest BCUT2D eigenvalue weighted by atomic mass is 31.3. The van der Waals surface area contributed by atoms with Crippen LogP contribution in [0.1, 0.15) is 6.23 Å². The molecule has 19 nitrogen and oxygen atoms in total. The van der Waals surface area contributed by atoms with Gasteiger partial charge in [-0.3, -0.25) is 9.09 Å². The average molecular weight is 540 g/mol. The fraction of sp³-hybridized carbons (Fsp3) is 0.600. The van der Waals surface area contributed by atoms with Crippen molar-refractivity contribution < 1.29 is 60.6 Å². The summed E-state index contributed by atoms with van der Waals surface area (Å²) in [5, 5.41) is 13.4. The summed E-state index contributed by atoms with van der Waals surface area (Å²) in [5.41, 5.74) is 10.3. The average Bonchev–Trinajstić information content (AvgIpc) is 2.88. The molecule has 0 amide bonds. The van der Waals surface area contributed by atoms with Gasteiger partial charge in [0.25, 0.3) is 0 Å². The highest BCUT2D eigenvalue weighted by Gasteiger charge is 2.57. The molecule has 33 heavy (non-hydrogen) atoms. The third-order valence-electron chi connectivity index (χ3n) is 3.88. The van der Waals surface area contributed by atoms with Crippen LogP contribution in [-0.2, 0) is 31.6 Å². The molecular weight excluding hydrogens is 524 g/mol. The maximum atomic E-state index is 14.8. The molecule has 1 aromatic rings. The monoisotopic (exact) mass is 540 g/mol. The molecule has 0 aromatic carbocycles. The Morgan fingerprint density at radius 3 is 2.48 bits per heavy atom. The van der Waals surface area contributed by atoms with Crippen LogP contribution in [0, 0.1) is 0 Å². The summed E-state index contributed by atoms with van der Waals surface area (Å²) in [6.45, 7) is -2.31. The number of azide groups is 1. The highest BCUT2D eigenvalue weighted by molar-refractivity contribution is 7.66. The second-order valence-electron chi connectivity index (χ2n) is 6.26. The van der Waals surface area contributed by atoms with Gasteiger partial charge in [0, 0.05) is 11.1 Å². The van der Waals surface area contributed by atoms with E-state index in [4.69, 9.17) is 30.7 Å². The molecule has 1 fully saturated rings. The molecule has 1 aliphatic rings. The molecule has 0 radical (unpaired) electrons. The van der Waals surface area contributed by atoms with E-state index in [9.17, 15) is 32.9 Å². The zero-order valence-electron chi connectivity index (χ0n) is 15.8. The molecule has 2 rings (SSSR count). The van der Waals surface area contributed by atoms with Crippen molar-refractivity contribution in [2.24, 2.45) is 5.11 Å². The first-order valence-corrected chi connectivity index (χ1v) is 12.7. The molecule has 0 aliphatic carbocycles. The van der Waals surface area contributed by atoms with Crippen LogP contribution in [0.3, 0.4) is 0 Å². The molecule has 2 heterocycles. The van der Waals surface area contributed by atoms with Crippen LogP contribution in [0.15, 0.2) is 22.2 Å². The van der Waals surface area contributed by atoms with Crippen molar-refractivity contribution in [3.05, 3.63) is 33.2 Å². The summed E-state index contributed by atoms with van der Waals surface area (Å²) in [5.74, 6) is -0.224. The zero-order chi connectivity index (χ0) is 25.2. The summed E-state index contributed by atoms with van der Waals surface area (Å²) in [4.78, 5) is 53.5. The minimum Gasteiger partial charge on any atom is -0.387 e. The maximum absolute atomic E-state index is 14.8. The quantitative estimate of drug-likeness (QED) is 0.0938. The fourth-order valence-corrected chi connectivity index (χ4v) is 5.67. The number of nitrogen functional groups attached to an aromatic ring is 1. The smallest absolute Gasteiger partial charge is 0.387 e. The third kappa shape index (κ3) is 7.11. The lowest BCUT2D eigenvalue weighted by atomic mass is 9.97. The van der Waals surface area contributed by atoms with Gasteiger partial charge in [-0.05, 0) is 11.6 Å². The number of anilines is 1. The highest BCUT2D eigenvalue weighted by Crippen LogP contribution is 2.66. The van der Waals surface area contributed by atoms with E-state index in [1.54, 1.807) is 0 Å². The number of nitrogens with zero attached hydrogens (tertiary/aromatic N) is 5. The number of aliphatic hydroxyl groups excluding tert-OH is 1. The van der Waals surface area contributed by atoms with Crippen molar-refractivity contribution in [2.45, 2.75) is 24.1 Å². The molecule has 0 spiro atoms. The van der Waals surface area contributed by atoms with Crippen molar-refractivity contribution in [2.75, 3.05) is 18.9 Å². The van der Waals surface area contributed by atoms with Gasteiger partial charge >= 0.3 is 29.2 Å². The van der Waals surface area contributed by atoms with E-state index in [1.165, 1.54) is 0 Å². The molecule has 1 aromatic heterocycles. The summed E-state index contributed by atoms with van der Waals surface area (Å²) in [6.07, 6.45) is -5.66. The van der Waals surface area contributed by atoms with Gasteiger partial charge in [0.05, 0.1) is 13.2 Å². The Bertz CT molecular complexity index is 1140. The van der Waals surface area contributed by atoms with Crippen LogP contribution in [0.25, 0.3) is 10.4 Å². The van der Waals surface area contributed by atoms with Crippen molar-refractivity contribution in [1.82, 2.24) is 9.55 Å². The van der Waals surface area contributed by atoms with E-state index in [1.807, 2.05) is 0 Å². The molecule has 23 heteroatoms. The standard InChI is InChI=1S/C10H16FN6O13P3/c11-6-7(18)10(3-14-16-13,28-8(6)17-2-1-5(12)15-9(17)19)4-27-32(23,24)30-33(25,26)29-31(20,21)22/h1-2,6-8,18H,3-4H2,(H,23,24)(H,25,26)(H2,12,15,19)(H2,20,21,22)/t6-,7+,8-,10-/m1/s1. The number of aliphatic hydroxyl groups is 1. The van der Waals surface area contributed by atoms with E-state index >= 15 is 0 Å². The van der Waals surface area contributed by atoms with Crippen LogP contribution in [0.4, 0.5) is 10.2 Å². The van der Waals surface area contributed by atoms with Gasteiger partial charge in [0.1, 0.15) is 17.5 Å². The third-order valence-corrected chi connectivity index (χ3v) is 7.67. The molecule has 2 unspecified atom stereocenters. The van der Waals surface area contributed by atoms with Crippen LogP contribution in [-0.4, -0.2) is 65.3 Å². The molecule has 7 N–H and O–H groups in total. The summed E-state index contributed by atoms with van der Waals surface area (Å²) in [6, 6.07) is 1.09. The minimum absolute atomic E-state index is 0.224. The topological polar surface area (TPSA) is 299 Å². The maximum Gasteiger partial charge on any atom is 0.490 e. The number of phosphoric acid groups is 3. The Hall–Kier alpha value is -1.75. The lowest BCUT2D eigenvalue weighted by Crippen LogP contribution is -2.48. The Morgan fingerprint density at radius 1 is 1.30 bits per heavy atom. The Morgan fingerprint density at radius 2 is 1.94 bits per heavy atom. The molecule has 6 atom stereocenters. The van der Waals surface area contributed by atoms with E-state index in [0.29, 0.717) is 4.57 Å². The van der Waals surface area contributed by atoms with Crippen molar-refractivity contribution >= 4 is 29.3 Å². The second-order valence-corrected chi connectivity index (χ2v) is 10.7. The van der Waals surface area contributed by atoms with E-state index in [-0.39, 0.29) is 5.82 Å². The molecule has 0 saturated carbocycles. The summed E-state index contributed by atoms with van der Waals surface area (Å²) >= 11 is 0. The largest absolute Gasteiger partial charge is 0.490 e. The van der Waals surface area contributed by atoms with Crippen LogP contribution in [0.2, 0.25) is 0 Å². The van der Waals surface area contributed by atoms with Gasteiger partial charge in [-0.2, -0.15) is 13.6 Å². The van der Waals surface area contributed by atoms with Crippen LogP contribution in [0.5, 0.6) is 0 Å². The number of ether oxygens (including phenoxy) is 1. The molecule has 186 valence electrons. The van der Waals surface area contributed by atoms with Crippen LogP contribution >= 0.6 is 23.5 Å². The van der Waals surface area contributed by atoms with Gasteiger partial charge in [-0.25, -0.2) is 22.9 Å². The normalized spacial score (nSPS) is 29.1. The minimum atomic E-state index is -5.86. The molecule has 0 bridgehead atoms. The number of hydrogen-bond donors (Lipinski definition) is 6. The molecular formula is C10H16FN6O13P3. The van der Waals surface area contributed by atoms with E-state index in [0.717, 1.165) is 12.3 Å². The first-order valence-electron chi connectivity index (χ1n) is 8.15.